The van der Waals surface area contributed by atoms with E-state index in [0.29, 0.717) is 28.6 Å². The van der Waals surface area contributed by atoms with Crippen molar-refractivity contribution in [2.75, 3.05) is 25.6 Å². The van der Waals surface area contributed by atoms with Gasteiger partial charge in [0.25, 0.3) is 5.91 Å². The van der Waals surface area contributed by atoms with Gasteiger partial charge in [-0.25, -0.2) is 4.98 Å². The van der Waals surface area contributed by atoms with Crippen molar-refractivity contribution in [2.24, 2.45) is 7.05 Å². The average Bonchev–Trinajstić information content (AvgIpc) is 3.14. The highest BCUT2D eigenvalue weighted by atomic mass is 16.5. The number of aryl methyl sites for hydroxylation is 1. The number of hydrogen-bond acceptors (Lipinski definition) is 6. The van der Waals surface area contributed by atoms with Crippen LogP contribution in [0.4, 0.5) is 5.82 Å². The number of carbonyl (C=O) groups excluding carboxylic acids is 1. The van der Waals surface area contributed by atoms with Gasteiger partial charge >= 0.3 is 0 Å². The van der Waals surface area contributed by atoms with E-state index in [2.05, 4.69) is 26.4 Å². The van der Waals surface area contributed by atoms with E-state index in [4.69, 9.17) is 9.47 Å². The Kier molecular flexibility index (Phi) is 4.72. The van der Waals surface area contributed by atoms with Crippen LogP contribution in [0.25, 0.3) is 11.0 Å². The lowest BCUT2D eigenvalue weighted by Gasteiger charge is -2.23. The molecular formula is C19H21N5O3. The van der Waals surface area contributed by atoms with Crippen LogP contribution in [-0.4, -0.2) is 46.0 Å². The van der Waals surface area contributed by atoms with Crippen molar-refractivity contribution in [2.45, 2.75) is 18.8 Å². The number of aromatic nitrogens is 4. The highest BCUT2D eigenvalue weighted by molar-refractivity contribution is 6.03. The van der Waals surface area contributed by atoms with Crippen LogP contribution in [0.2, 0.25) is 0 Å². The first-order valence-corrected chi connectivity index (χ1v) is 8.87. The summed E-state index contributed by atoms with van der Waals surface area (Å²) in [6.07, 6.45) is 6.66. The predicted molar refractivity (Wildman–Crippen MR) is 100 cm³/mol. The molecule has 8 heteroatoms. The van der Waals surface area contributed by atoms with Gasteiger partial charge in [-0.3, -0.25) is 14.5 Å². The minimum absolute atomic E-state index is 0.281. The normalized spacial score (nSPS) is 15.0. The molecule has 2 aromatic heterocycles. The Morgan fingerprint density at radius 1 is 1.26 bits per heavy atom. The molecule has 0 bridgehead atoms. The summed E-state index contributed by atoms with van der Waals surface area (Å²) in [6.45, 7) is 1.51. The number of carbonyl (C=O) groups is 1. The van der Waals surface area contributed by atoms with Crippen molar-refractivity contribution in [3.05, 3.63) is 41.9 Å². The SMILES string of the molecule is COc1ccc(C2CCOCC2)c2ncc(NC(=O)c3cnn(C)c3)nc12. The largest absolute Gasteiger partial charge is 0.494 e. The Bertz CT molecular complexity index is 979. The zero-order valence-corrected chi connectivity index (χ0v) is 15.3. The second-order valence-electron chi connectivity index (χ2n) is 6.55. The van der Waals surface area contributed by atoms with Gasteiger partial charge in [-0.2, -0.15) is 5.10 Å². The molecule has 0 unspecified atom stereocenters. The lowest BCUT2D eigenvalue weighted by Crippen LogP contribution is -2.15. The molecule has 0 spiro atoms. The van der Waals surface area contributed by atoms with Gasteiger partial charge < -0.3 is 14.8 Å². The lowest BCUT2D eigenvalue weighted by molar-refractivity contribution is 0.0855. The van der Waals surface area contributed by atoms with E-state index < -0.39 is 0 Å². The van der Waals surface area contributed by atoms with Crippen molar-refractivity contribution in [3.8, 4) is 5.75 Å². The van der Waals surface area contributed by atoms with E-state index in [1.807, 2.05) is 6.07 Å². The fourth-order valence-electron chi connectivity index (χ4n) is 3.39. The number of amides is 1. The third kappa shape index (κ3) is 3.48. The maximum absolute atomic E-state index is 12.4. The molecule has 0 saturated carbocycles. The summed E-state index contributed by atoms with van der Waals surface area (Å²) in [5.41, 5.74) is 3.06. The molecule has 1 aromatic carbocycles. The summed E-state index contributed by atoms with van der Waals surface area (Å²) in [4.78, 5) is 21.5. The first kappa shape index (κ1) is 17.4. The molecule has 0 aliphatic carbocycles. The smallest absolute Gasteiger partial charge is 0.260 e. The summed E-state index contributed by atoms with van der Waals surface area (Å²) in [5, 5.41) is 6.78. The van der Waals surface area contributed by atoms with Gasteiger partial charge in [0, 0.05) is 26.5 Å². The molecular weight excluding hydrogens is 346 g/mol. The maximum Gasteiger partial charge on any atom is 0.260 e. The third-order valence-electron chi connectivity index (χ3n) is 4.78. The predicted octanol–water partition coefficient (Wildman–Crippen LogP) is 2.52. The van der Waals surface area contributed by atoms with Crippen LogP contribution in [0.15, 0.2) is 30.7 Å². The minimum atomic E-state index is -0.281. The summed E-state index contributed by atoms with van der Waals surface area (Å²) in [5.74, 6) is 1.11. The van der Waals surface area contributed by atoms with Crippen LogP contribution in [0, 0.1) is 0 Å². The fraction of sp³-hybridized carbons (Fsp3) is 0.368. The topological polar surface area (TPSA) is 91.2 Å². The van der Waals surface area contributed by atoms with Gasteiger partial charge in [0.2, 0.25) is 0 Å². The highest BCUT2D eigenvalue weighted by Crippen LogP contribution is 2.35. The molecule has 27 heavy (non-hydrogen) atoms. The number of fused-ring (bicyclic) bond motifs is 1. The first-order chi connectivity index (χ1) is 13.2. The Morgan fingerprint density at radius 3 is 2.78 bits per heavy atom. The number of benzene rings is 1. The Labute approximate surface area is 156 Å². The van der Waals surface area contributed by atoms with E-state index >= 15 is 0 Å². The van der Waals surface area contributed by atoms with Gasteiger partial charge in [-0.15, -0.1) is 0 Å². The monoisotopic (exact) mass is 367 g/mol. The van der Waals surface area contributed by atoms with Crippen LogP contribution in [0.3, 0.4) is 0 Å². The van der Waals surface area contributed by atoms with Crippen LogP contribution in [0.1, 0.15) is 34.7 Å². The Hall–Kier alpha value is -3.00. The summed E-state index contributed by atoms with van der Waals surface area (Å²) < 4.78 is 12.5. The number of methoxy groups -OCH3 is 1. The third-order valence-corrected chi connectivity index (χ3v) is 4.78. The van der Waals surface area contributed by atoms with Crippen molar-refractivity contribution >= 4 is 22.8 Å². The molecule has 0 radical (unpaired) electrons. The highest BCUT2D eigenvalue weighted by Gasteiger charge is 2.21. The molecule has 3 heterocycles. The average molecular weight is 367 g/mol. The molecule has 1 N–H and O–H groups in total. The molecule has 140 valence electrons. The van der Waals surface area contributed by atoms with Gasteiger partial charge in [0.05, 0.1) is 30.6 Å². The van der Waals surface area contributed by atoms with Crippen molar-refractivity contribution in [1.82, 2.24) is 19.7 Å². The summed E-state index contributed by atoms with van der Waals surface area (Å²) in [6, 6.07) is 3.97. The Morgan fingerprint density at radius 2 is 2.07 bits per heavy atom. The molecule has 1 saturated heterocycles. The van der Waals surface area contributed by atoms with Crippen LogP contribution < -0.4 is 10.1 Å². The van der Waals surface area contributed by atoms with E-state index in [9.17, 15) is 4.79 Å². The van der Waals surface area contributed by atoms with E-state index in [-0.39, 0.29) is 5.91 Å². The summed E-state index contributed by atoms with van der Waals surface area (Å²) in [7, 11) is 3.36. The van der Waals surface area contributed by atoms with E-state index in [1.54, 1.807) is 31.2 Å². The van der Waals surface area contributed by atoms with Gasteiger partial charge in [-0.1, -0.05) is 6.07 Å². The molecule has 1 aliphatic rings. The quantitative estimate of drug-likeness (QED) is 0.762. The fourth-order valence-corrected chi connectivity index (χ4v) is 3.39. The van der Waals surface area contributed by atoms with Gasteiger partial charge in [0.15, 0.2) is 5.82 Å². The number of ether oxygens (including phenoxy) is 2. The first-order valence-electron chi connectivity index (χ1n) is 8.87. The molecule has 0 atom stereocenters. The number of rotatable bonds is 4. The van der Waals surface area contributed by atoms with E-state index in [1.165, 1.54) is 6.20 Å². The molecule has 1 fully saturated rings. The van der Waals surface area contributed by atoms with E-state index in [0.717, 1.165) is 37.1 Å². The van der Waals surface area contributed by atoms with Crippen molar-refractivity contribution < 1.29 is 14.3 Å². The van der Waals surface area contributed by atoms with Crippen molar-refractivity contribution in [3.63, 3.8) is 0 Å². The molecule has 1 aliphatic heterocycles. The molecule has 4 rings (SSSR count). The maximum atomic E-state index is 12.4. The van der Waals surface area contributed by atoms with Gasteiger partial charge in [0.1, 0.15) is 11.3 Å². The second kappa shape index (κ2) is 7.32. The number of hydrogen-bond donors (Lipinski definition) is 1. The second-order valence-corrected chi connectivity index (χ2v) is 6.55. The zero-order valence-electron chi connectivity index (χ0n) is 15.3. The Balaban J connectivity index is 1.69. The minimum Gasteiger partial charge on any atom is -0.494 e. The number of nitrogens with one attached hydrogen (secondary N) is 1. The molecule has 1 amide bonds. The summed E-state index contributed by atoms with van der Waals surface area (Å²) >= 11 is 0. The number of nitrogens with zero attached hydrogens (tertiary/aromatic N) is 4. The lowest BCUT2D eigenvalue weighted by atomic mass is 9.90. The molecule has 8 nitrogen and oxygen atoms in total. The zero-order chi connectivity index (χ0) is 18.8. The molecule has 3 aromatic rings. The van der Waals surface area contributed by atoms with Crippen LogP contribution in [0.5, 0.6) is 5.75 Å². The van der Waals surface area contributed by atoms with Crippen LogP contribution in [-0.2, 0) is 11.8 Å². The van der Waals surface area contributed by atoms with Crippen molar-refractivity contribution in [1.29, 1.82) is 0 Å². The standard InChI is InChI=1S/C19H21N5O3/c1-24-11-13(9-21-24)19(25)23-16-10-20-17-14(12-5-7-27-8-6-12)3-4-15(26-2)18(17)22-16/h3-4,9-12H,5-8H2,1-2H3,(H,22,23,25). The van der Waals surface area contributed by atoms with Gasteiger partial charge in [-0.05, 0) is 30.4 Å². The van der Waals surface area contributed by atoms with Crippen LogP contribution >= 0.6 is 0 Å². The number of anilines is 1.